The number of anilines is 1. The summed E-state index contributed by atoms with van der Waals surface area (Å²) in [5, 5.41) is 0. The normalized spacial score (nSPS) is 10.8. The fourth-order valence-corrected chi connectivity index (χ4v) is 1.84. The van der Waals surface area contributed by atoms with Crippen molar-refractivity contribution in [1.29, 1.82) is 0 Å². The number of hydrogen-bond acceptors (Lipinski definition) is 5. The lowest BCUT2D eigenvalue weighted by molar-refractivity contribution is 0.328. The summed E-state index contributed by atoms with van der Waals surface area (Å²) in [5.74, 6) is 1.74. The largest absolute Gasteiger partial charge is 0.478 e. The summed E-state index contributed by atoms with van der Waals surface area (Å²) in [6, 6.07) is 7.32. The zero-order valence-electron chi connectivity index (χ0n) is 10.4. The summed E-state index contributed by atoms with van der Waals surface area (Å²) in [4.78, 5) is 15.9. The van der Waals surface area contributed by atoms with E-state index >= 15 is 0 Å². The Balaban J connectivity index is 2.06. The lowest BCUT2D eigenvalue weighted by Gasteiger charge is -1.99. The smallest absolute Gasteiger partial charge is 0.215 e. The highest BCUT2D eigenvalue weighted by atomic mass is 16.5. The van der Waals surface area contributed by atoms with Gasteiger partial charge < -0.3 is 15.5 Å². The van der Waals surface area contributed by atoms with Crippen molar-refractivity contribution in [3.05, 3.63) is 30.5 Å². The molecule has 0 aromatic carbocycles. The number of ether oxygens (including phenoxy) is 1. The number of nitrogens with two attached hydrogens (primary N) is 1. The maximum absolute atomic E-state index is 5.67. The highest BCUT2D eigenvalue weighted by Crippen LogP contribution is 2.21. The Bertz CT molecular complexity index is 722. The lowest BCUT2D eigenvalue weighted by atomic mass is 10.2. The first kappa shape index (κ1) is 11.5. The molecule has 3 N–H and O–H groups in total. The number of hydrogen-bond donors (Lipinski definition) is 2. The average Bonchev–Trinajstić information content (AvgIpc) is 2.82. The molecule has 0 amide bonds. The molecule has 0 fully saturated rings. The van der Waals surface area contributed by atoms with Gasteiger partial charge in [0.2, 0.25) is 5.88 Å². The first-order chi connectivity index (χ1) is 9.26. The van der Waals surface area contributed by atoms with Crippen LogP contribution in [0.5, 0.6) is 5.88 Å². The zero-order chi connectivity index (χ0) is 13.2. The Morgan fingerprint density at radius 2 is 2.16 bits per heavy atom. The fraction of sp³-hybridized carbons (Fsp3) is 0.154. The SMILES string of the molecule is CCOc1ccc2[nH]c(-c3ccnc(N)c3)nc2n1. The number of nitrogens with one attached hydrogen (secondary N) is 1. The maximum atomic E-state index is 5.67. The molecule has 6 heteroatoms. The van der Waals surface area contributed by atoms with Gasteiger partial charge >= 0.3 is 0 Å². The number of imidazole rings is 1. The van der Waals surface area contributed by atoms with E-state index in [0.29, 0.717) is 29.8 Å². The third-order valence-corrected chi connectivity index (χ3v) is 2.67. The van der Waals surface area contributed by atoms with Crippen LogP contribution in [-0.2, 0) is 0 Å². The fourth-order valence-electron chi connectivity index (χ4n) is 1.84. The molecule has 3 rings (SSSR count). The van der Waals surface area contributed by atoms with Crippen LogP contribution in [0, 0.1) is 0 Å². The summed E-state index contributed by atoms with van der Waals surface area (Å²) >= 11 is 0. The molecule has 0 aliphatic heterocycles. The molecule has 0 spiro atoms. The van der Waals surface area contributed by atoms with E-state index in [9.17, 15) is 0 Å². The van der Waals surface area contributed by atoms with E-state index in [-0.39, 0.29) is 0 Å². The second-order valence-electron chi connectivity index (χ2n) is 4.01. The molecular formula is C13H13N5O. The second-order valence-corrected chi connectivity index (χ2v) is 4.01. The van der Waals surface area contributed by atoms with Gasteiger partial charge in [-0.1, -0.05) is 0 Å². The summed E-state index contributed by atoms with van der Waals surface area (Å²) in [5.41, 5.74) is 8.02. The van der Waals surface area contributed by atoms with Crippen LogP contribution in [0.3, 0.4) is 0 Å². The van der Waals surface area contributed by atoms with Gasteiger partial charge in [-0.2, -0.15) is 4.98 Å². The van der Waals surface area contributed by atoms with Gasteiger partial charge in [0.05, 0.1) is 12.1 Å². The van der Waals surface area contributed by atoms with Crippen LogP contribution in [0.2, 0.25) is 0 Å². The van der Waals surface area contributed by atoms with Gasteiger partial charge in [-0.15, -0.1) is 0 Å². The summed E-state index contributed by atoms with van der Waals surface area (Å²) in [6.45, 7) is 2.50. The standard InChI is InChI=1S/C13H13N5O/c1-2-19-11-4-3-9-13(17-11)18-12(16-9)8-5-6-15-10(14)7-8/h3-7H,2H2,1H3,(H2,14,15)(H,16,17,18). The number of nitrogens with zero attached hydrogens (tertiary/aromatic N) is 3. The highest BCUT2D eigenvalue weighted by Gasteiger charge is 2.08. The monoisotopic (exact) mass is 255 g/mol. The van der Waals surface area contributed by atoms with Crippen molar-refractivity contribution < 1.29 is 4.74 Å². The predicted molar refractivity (Wildman–Crippen MR) is 72.7 cm³/mol. The van der Waals surface area contributed by atoms with E-state index in [1.165, 1.54) is 0 Å². The molecular weight excluding hydrogens is 242 g/mol. The minimum absolute atomic E-state index is 0.459. The molecule has 0 radical (unpaired) electrons. The molecule has 0 atom stereocenters. The molecule has 0 unspecified atom stereocenters. The highest BCUT2D eigenvalue weighted by molar-refractivity contribution is 5.76. The van der Waals surface area contributed by atoms with Gasteiger partial charge in [-0.05, 0) is 25.1 Å². The van der Waals surface area contributed by atoms with Crippen LogP contribution in [0.1, 0.15) is 6.92 Å². The first-order valence-electron chi connectivity index (χ1n) is 5.97. The topological polar surface area (TPSA) is 89.7 Å². The van der Waals surface area contributed by atoms with E-state index in [1.54, 1.807) is 12.3 Å². The second kappa shape index (κ2) is 4.56. The molecule has 3 heterocycles. The summed E-state index contributed by atoms with van der Waals surface area (Å²) in [7, 11) is 0. The molecule has 0 saturated heterocycles. The van der Waals surface area contributed by atoms with Crippen LogP contribution in [-0.4, -0.2) is 26.5 Å². The molecule has 0 saturated carbocycles. The number of rotatable bonds is 3. The van der Waals surface area contributed by atoms with Crippen molar-refractivity contribution in [3.8, 4) is 17.3 Å². The number of fused-ring (bicyclic) bond motifs is 1. The van der Waals surface area contributed by atoms with Crippen molar-refractivity contribution in [3.63, 3.8) is 0 Å². The van der Waals surface area contributed by atoms with E-state index in [2.05, 4.69) is 19.9 Å². The minimum atomic E-state index is 0.459. The van der Waals surface area contributed by atoms with Crippen LogP contribution >= 0.6 is 0 Å². The van der Waals surface area contributed by atoms with E-state index in [0.717, 1.165) is 11.1 Å². The van der Waals surface area contributed by atoms with Crippen molar-refractivity contribution in [2.75, 3.05) is 12.3 Å². The molecule has 0 aliphatic carbocycles. The number of H-pyrrole nitrogens is 1. The Kier molecular flexibility index (Phi) is 2.75. The molecule has 3 aromatic heterocycles. The minimum Gasteiger partial charge on any atom is -0.478 e. The van der Waals surface area contributed by atoms with Gasteiger partial charge in [0.15, 0.2) is 5.65 Å². The van der Waals surface area contributed by atoms with Crippen LogP contribution in [0.4, 0.5) is 5.82 Å². The van der Waals surface area contributed by atoms with Crippen LogP contribution < -0.4 is 10.5 Å². The zero-order valence-corrected chi connectivity index (χ0v) is 10.4. The average molecular weight is 255 g/mol. The van der Waals surface area contributed by atoms with Crippen LogP contribution in [0.25, 0.3) is 22.6 Å². The van der Waals surface area contributed by atoms with E-state index in [4.69, 9.17) is 10.5 Å². The van der Waals surface area contributed by atoms with Gasteiger partial charge in [0, 0.05) is 17.8 Å². The predicted octanol–water partition coefficient (Wildman–Crippen LogP) is 2.00. The molecule has 6 nitrogen and oxygen atoms in total. The van der Waals surface area contributed by atoms with Crippen molar-refractivity contribution in [1.82, 2.24) is 19.9 Å². The van der Waals surface area contributed by atoms with Gasteiger partial charge in [-0.3, -0.25) is 0 Å². The number of aromatic nitrogens is 4. The summed E-state index contributed by atoms with van der Waals surface area (Å²) < 4.78 is 5.35. The van der Waals surface area contributed by atoms with Gasteiger partial charge in [0.1, 0.15) is 11.6 Å². The Labute approximate surface area is 109 Å². The van der Waals surface area contributed by atoms with Crippen molar-refractivity contribution in [2.45, 2.75) is 6.92 Å². The van der Waals surface area contributed by atoms with Gasteiger partial charge in [0.25, 0.3) is 0 Å². The Hall–Kier alpha value is -2.63. The molecule has 96 valence electrons. The first-order valence-corrected chi connectivity index (χ1v) is 5.97. The lowest BCUT2D eigenvalue weighted by Crippen LogP contribution is -1.93. The molecule has 19 heavy (non-hydrogen) atoms. The summed E-state index contributed by atoms with van der Waals surface area (Å²) in [6.07, 6.45) is 1.65. The van der Waals surface area contributed by atoms with Crippen molar-refractivity contribution in [2.24, 2.45) is 0 Å². The van der Waals surface area contributed by atoms with Gasteiger partial charge in [-0.25, -0.2) is 9.97 Å². The maximum Gasteiger partial charge on any atom is 0.215 e. The Morgan fingerprint density at radius 1 is 1.26 bits per heavy atom. The quantitative estimate of drug-likeness (QED) is 0.747. The number of pyridine rings is 2. The third-order valence-electron chi connectivity index (χ3n) is 2.67. The Morgan fingerprint density at radius 3 is 2.95 bits per heavy atom. The van der Waals surface area contributed by atoms with Crippen molar-refractivity contribution >= 4 is 17.0 Å². The molecule has 3 aromatic rings. The van der Waals surface area contributed by atoms with E-state index < -0.39 is 0 Å². The number of nitrogen functional groups attached to an aromatic ring is 1. The third kappa shape index (κ3) is 2.20. The molecule has 0 aliphatic rings. The number of aromatic amines is 1. The van der Waals surface area contributed by atoms with Crippen LogP contribution in [0.15, 0.2) is 30.5 Å². The molecule has 0 bridgehead atoms. The van der Waals surface area contributed by atoms with E-state index in [1.807, 2.05) is 25.1 Å².